The van der Waals surface area contributed by atoms with Gasteiger partial charge in [-0.3, -0.25) is 19.6 Å². The highest BCUT2D eigenvalue weighted by Crippen LogP contribution is 2.41. The van der Waals surface area contributed by atoms with Crippen molar-refractivity contribution in [2.24, 2.45) is 0 Å². The van der Waals surface area contributed by atoms with E-state index < -0.39 is 24.4 Å². The second-order valence-electron chi connectivity index (χ2n) is 7.24. The molecule has 0 radical (unpaired) electrons. The molecule has 8 nitrogen and oxygen atoms in total. The highest BCUT2D eigenvalue weighted by Gasteiger charge is 2.33. The topological polar surface area (TPSA) is 103 Å². The molecule has 1 fully saturated rings. The molecule has 2 amide bonds. The molecule has 1 aliphatic rings. The SMILES string of the molecule is CC(C)(C)n1nc(C(=O)OCC(=O)NC(=O)c2ccco2)cc1C1CC1. The molecule has 26 heavy (non-hydrogen) atoms. The predicted molar refractivity (Wildman–Crippen MR) is 90.7 cm³/mol. The van der Waals surface area contributed by atoms with Crippen LogP contribution < -0.4 is 5.32 Å². The van der Waals surface area contributed by atoms with E-state index in [2.05, 4.69) is 10.4 Å². The smallest absolute Gasteiger partial charge is 0.359 e. The Bertz CT molecular complexity index is 826. The van der Waals surface area contributed by atoms with Gasteiger partial charge in [0.05, 0.1) is 11.8 Å². The largest absolute Gasteiger partial charge is 0.459 e. The van der Waals surface area contributed by atoms with Crippen molar-refractivity contribution in [1.29, 1.82) is 0 Å². The maximum atomic E-state index is 12.2. The lowest BCUT2D eigenvalue weighted by Crippen LogP contribution is -2.34. The minimum atomic E-state index is -0.738. The van der Waals surface area contributed by atoms with Crippen molar-refractivity contribution >= 4 is 17.8 Å². The Hall–Kier alpha value is -2.90. The molecular weight excluding hydrogens is 338 g/mol. The van der Waals surface area contributed by atoms with Crippen molar-refractivity contribution in [1.82, 2.24) is 15.1 Å². The second-order valence-corrected chi connectivity index (χ2v) is 7.24. The first-order valence-electron chi connectivity index (χ1n) is 8.41. The van der Waals surface area contributed by atoms with E-state index in [1.807, 2.05) is 25.5 Å². The molecule has 2 aromatic rings. The first-order chi connectivity index (χ1) is 12.3. The molecule has 138 valence electrons. The fraction of sp³-hybridized carbons (Fsp3) is 0.444. The summed E-state index contributed by atoms with van der Waals surface area (Å²) in [5, 5.41) is 6.43. The Morgan fingerprint density at radius 1 is 1.35 bits per heavy atom. The molecule has 8 heteroatoms. The number of imide groups is 1. The maximum Gasteiger partial charge on any atom is 0.359 e. The van der Waals surface area contributed by atoms with E-state index in [0.717, 1.165) is 18.5 Å². The number of esters is 1. The molecule has 2 aromatic heterocycles. The van der Waals surface area contributed by atoms with Crippen LogP contribution in [0.1, 0.15) is 66.3 Å². The Labute approximate surface area is 150 Å². The van der Waals surface area contributed by atoms with Crippen LogP contribution >= 0.6 is 0 Å². The molecule has 1 saturated carbocycles. The van der Waals surface area contributed by atoms with Gasteiger partial charge in [0.25, 0.3) is 11.8 Å². The van der Waals surface area contributed by atoms with E-state index in [9.17, 15) is 14.4 Å². The van der Waals surface area contributed by atoms with Crippen molar-refractivity contribution in [3.63, 3.8) is 0 Å². The Morgan fingerprint density at radius 3 is 2.65 bits per heavy atom. The Balaban J connectivity index is 1.60. The summed E-state index contributed by atoms with van der Waals surface area (Å²) in [5.41, 5.74) is 0.900. The summed E-state index contributed by atoms with van der Waals surface area (Å²) in [4.78, 5) is 35.7. The van der Waals surface area contributed by atoms with Gasteiger partial charge in [-0.1, -0.05) is 0 Å². The van der Waals surface area contributed by atoms with Crippen LogP contribution in [0.4, 0.5) is 0 Å². The summed E-state index contributed by atoms with van der Waals surface area (Å²) in [6, 6.07) is 4.67. The van der Waals surface area contributed by atoms with Crippen LogP contribution in [-0.4, -0.2) is 34.2 Å². The molecule has 1 N–H and O–H groups in total. The van der Waals surface area contributed by atoms with Gasteiger partial charge < -0.3 is 9.15 Å². The average Bonchev–Trinajstić information content (AvgIpc) is 3.10. The number of amides is 2. The van der Waals surface area contributed by atoms with Gasteiger partial charge in [0.2, 0.25) is 0 Å². The number of hydrogen-bond acceptors (Lipinski definition) is 6. The molecule has 0 saturated heterocycles. The molecule has 0 unspecified atom stereocenters. The summed E-state index contributed by atoms with van der Waals surface area (Å²) in [6.45, 7) is 5.45. The molecule has 0 bridgehead atoms. The lowest BCUT2D eigenvalue weighted by Gasteiger charge is -2.22. The predicted octanol–water partition coefficient (Wildman–Crippen LogP) is 2.22. The maximum absolute atomic E-state index is 12.2. The number of furan rings is 1. The number of nitrogens with one attached hydrogen (secondary N) is 1. The summed E-state index contributed by atoms with van der Waals surface area (Å²) in [5.74, 6) is -1.71. The van der Waals surface area contributed by atoms with Crippen molar-refractivity contribution in [2.75, 3.05) is 6.61 Å². The molecule has 0 atom stereocenters. The van der Waals surface area contributed by atoms with Gasteiger partial charge in [-0.15, -0.1) is 0 Å². The second kappa shape index (κ2) is 6.78. The Kier molecular flexibility index (Phi) is 4.67. The lowest BCUT2D eigenvalue weighted by molar-refractivity contribution is -0.123. The zero-order valence-electron chi connectivity index (χ0n) is 14.9. The molecule has 2 heterocycles. The number of rotatable bonds is 5. The zero-order chi connectivity index (χ0) is 18.9. The molecule has 3 rings (SSSR count). The highest BCUT2D eigenvalue weighted by molar-refractivity contribution is 6.04. The van der Waals surface area contributed by atoms with Crippen LogP contribution in [0.5, 0.6) is 0 Å². The number of hydrogen-bond donors (Lipinski definition) is 1. The van der Waals surface area contributed by atoms with Crippen molar-refractivity contribution in [3.05, 3.63) is 41.6 Å². The minimum Gasteiger partial charge on any atom is -0.459 e. The van der Waals surface area contributed by atoms with E-state index in [0.29, 0.717) is 5.92 Å². The fourth-order valence-corrected chi connectivity index (χ4v) is 2.54. The fourth-order valence-electron chi connectivity index (χ4n) is 2.54. The van der Waals surface area contributed by atoms with Gasteiger partial charge in [0.1, 0.15) is 0 Å². The van der Waals surface area contributed by atoms with Crippen LogP contribution in [0.25, 0.3) is 0 Å². The summed E-state index contributed by atoms with van der Waals surface area (Å²) in [7, 11) is 0. The highest BCUT2D eigenvalue weighted by atomic mass is 16.5. The third kappa shape index (κ3) is 4.01. The van der Waals surface area contributed by atoms with Crippen molar-refractivity contribution in [2.45, 2.75) is 45.1 Å². The van der Waals surface area contributed by atoms with Gasteiger partial charge in [-0.25, -0.2) is 4.79 Å². The third-order valence-electron chi connectivity index (χ3n) is 3.91. The molecular formula is C18H21N3O5. The summed E-state index contributed by atoms with van der Waals surface area (Å²) < 4.78 is 11.7. The molecule has 0 aromatic carbocycles. The van der Waals surface area contributed by atoms with Gasteiger partial charge in [0, 0.05) is 11.6 Å². The zero-order valence-corrected chi connectivity index (χ0v) is 14.9. The third-order valence-corrected chi connectivity index (χ3v) is 3.91. The van der Waals surface area contributed by atoms with Gasteiger partial charge in [-0.05, 0) is 51.8 Å². The lowest BCUT2D eigenvalue weighted by atomic mass is 10.1. The molecule has 0 spiro atoms. The average molecular weight is 359 g/mol. The number of carbonyl (C=O) groups is 3. The molecule has 0 aliphatic heterocycles. The van der Waals surface area contributed by atoms with Crippen LogP contribution in [0.15, 0.2) is 28.9 Å². The van der Waals surface area contributed by atoms with Crippen LogP contribution in [0, 0.1) is 0 Å². The minimum absolute atomic E-state index is 0.00247. The Morgan fingerprint density at radius 2 is 2.08 bits per heavy atom. The van der Waals surface area contributed by atoms with E-state index in [4.69, 9.17) is 9.15 Å². The van der Waals surface area contributed by atoms with Crippen molar-refractivity contribution < 1.29 is 23.5 Å². The first-order valence-corrected chi connectivity index (χ1v) is 8.41. The van der Waals surface area contributed by atoms with Gasteiger partial charge in [0.15, 0.2) is 18.1 Å². The monoisotopic (exact) mass is 359 g/mol. The summed E-state index contributed by atoms with van der Waals surface area (Å²) >= 11 is 0. The summed E-state index contributed by atoms with van der Waals surface area (Å²) in [6.07, 6.45) is 3.48. The van der Waals surface area contributed by atoms with Crippen LogP contribution in [0.2, 0.25) is 0 Å². The van der Waals surface area contributed by atoms with Crippen LogP contribution in [-0.2, 0) is 15.1 Å². The van der Waals surface area contributed by atoms with Gasteiger partial charge >= 0.3 is 5.97 Å². The number of nitrogens with zero attached hydrogens (tertiary/aromatic N) is 2. The first kappa shape index (κ1) is 17.9. The standard InChI is InChI=1S/C18H21N3O5/c1-18(2,3)21-13(11-6-7-11)9-12(20-21)17(24)26-10-15(22)19-16(23)14-5-4-8-25-14/h4-5,8-9,11H,6-7,10H2,1-3H3,(H,19,22,23). The molecule has 1 aliphatic carbocycles. The van der Waals surface area contributed by atoms with E-state index in [-0.39, 0.29) is 17.0 Å². The number of aromatic nitrogens is 2. The number of ether oxygens (including phenoxy) is 1. The normalized spacial score (nSPS) is 14.1. The van der Waals surface area contributed by atoms with E-state index >= 15 is 0 Å². The number of carbonyl (C=O) groups excluding carboxylic acids is 3. The van der Waals surface area contributed by atoms with Gasteiger partial charge in [-0.2, -0.15) is 5.10 Å². The van der Waals surface area contributed by atoms with Crippen LogP contribution in [0.3, 0.4) is 0 Å². The van der Waals surface area contributed by atoms with E-state index in [1.165, 1.54) is 18.4 Å². The van der Waals surface area contributed by atoms with Crippen molar-refractivity contribution in [3.8, 4) is 0 Å². The van der Waals surface area contributed by atoms with E-state index in [1.54, 1.807) is 6.07 Å². The quantitative estimate of drug-likeness (QED) is 0.821.